The van der Waals surface area contributed by atoms with Crippen LogP contribution in [0.25, 0.3) is 5.69 Å². The number of hydrogen-bond donors (Lipinski definition) is 0. The van der Waals surface area contributed by atoms with E-state index in [4.69, 9.17) is 16.3 Å². The predicted octanol–water partition coefficient (Wildman–Crippen LogP) is 5.31. The maximum absolute atomic E-state index is 6.07. The Morgan fingerprint density at radius 2 is 1.88 bits per heavy atom. The first-order chi connectivity index (χ1) is 12.0. The molecule has 0 atom stereocenters. The molecule has 130 valence electrons. The standard InChI is InChI=1S/C19H20ClN3OS/c1-13(2)25-19-22-21-18(23(19)15-7-5-4-6-8-15)12-24-16-9-10-17(20)14(3)11-16/h4-11,13H,12H2,1-3H3. The number of thioether (sulfide) groups is 1. The molecule has 1 aromatic heterocycles. The van der Waals surface area contributed by atoms with Crippen molar-refractivity contribution in [3.8, 4) is 11.4 Å². The molecule has 0 radical (unpaired) electrons. The van der Waals surface area contributed by atoms with E-state index in [1.807, 2.05) is 60.0 Å². The summed E-state index contributed by atoms with van der Waals surface area (Å²) in [6, 6.07) is 15.7. The zero-order chi connectivity index (χ0) is 17.8. The van der Waals surface area contributed by atoms with Gasteiger partial charge in [-0.3, -0.25) is 4.57 Å². The van der Waals surface area contributed by atoms with Crippen LogP contribution in [0.1, 0.15) is 25.2 Å². The molecule has 3 aromatic rings. The Morgan fingerprint density at radius 1 is 1.12 bits per heavy atom. The van der Waals surface area contributed by atoms with Crippen LogP contribution in [0.2, 0.25) is 5.02 Å². The van der Waals surface area contributed by atoms with Gasteiger partial charge in [0.1, 0.15) is 12.4 Å². The molecule has 0 aliphatic carbocycles. The van der Waals surface area contributed by atoms with Gasteiger partial charge in [0, 0.05) is 16.0 Å². The lowest BCUT2D eigenvalue weighted by Crippen LogP contribution is -2.07. The Kier molecular flexibility index (Phi) is 5.66. The van der Waals surface area contributed by atoms with Crippen LogP contribution in [0.5, 0.6) is 5.75 Å². The molecule has 1 heterocycles. The Hall–Kier alpha value is -1.98. The molecule has 0 N–H and O–H groups in total. The van der Waals surface area contributed by atoms with Gasteiger partial charge in [0.2, 0.25) is 0 Å². The van der Waals surface area contributed by atoms with Crippen molar-refractivity contribution in [1.29, 1.82) is 0 Å². The molecule has 0 amide bonds. The summed E-state index contributed by atoms with van der Waals surface area (Å²) < 4.78 is 7.97. The highest BCUT2D eigenvalue weighted by Gasteiger charge is 2.16. The van der Waals surface area contributed by atoms with E-state index in [0.29, 0.717) is 11.9 Å². The summed E-state index contributed by atoms with van der Waals surface area (Å²) in [5.41, 5.74) is 2.02. The van der Waals surface area contributed by atoms with Crippen molar-refractivity contribution in [3.63, 3.8) is 0 Å². The number of nitrogens with zero attached hydrogens (tertiary/aromatic N) is 3. The van der Waals surface area contributed by atoms with E-state index in [9.17, 15) is 0 Å². The monoisotopic (exact) mass is 373 g/mol. The molecule has 3 rings (SSSR count). The van der Waals surface area contributed by atoms with E-state index in [2.05, 4.69) is 24.0 Å². The molecule has 0 fully saturated rings. The molecular weight excluding hydrogens is 354 g/mol. The lowest BCUT2D eigenvalue weighted by molar-refractivity contribution is 0.292. The van der Waals surface area contributed by atoms with Crippen LogP contribution in [-0.2, 0) is 6.61 Å². The van der Waals surface area contributed by atoms with Crippen LogP contribution < -0.4 is 4.74 Å². The number of para-hydroxylation sites is 1. The highest BCUT2D eigenvalue weighted by atomic mass is 35.5. The summed E-state index contributed by atoms with van der Waals surface area (Å²) in [4.78, 5) is 0. The zero-order valence-electron chi connectivity index (χ0n) is 14.4. The maximum atomic E-state index is 6.07. The normalized spacial score (nSPS) is 11.1. The van der Waals surface area contributed by atoms with Crippen LogP contribution in [0.3, 0.4) is 0 Å². The smallest absolute Gasteiger partial charge is 0.196 e. The zero-order valence-corrected chi connectivity index (χ0v) is 16.0. The van der Waals surface area contributed by atoms with Crippen LogP contribution in [0, 0.1) is 6.92 Å². The number of hydrogen-bond acceptors (Lipinski definition) is 4. The lowest BCUT2D eigenvalue weighted by Gasteiger charge is -2.12. The first kappa shape index (κ1) is 17.8. The van der Waals surface area contributed by atoms with Gasteiger partial charge in [0.05, 0.1) is 0 Å². The minimum atomic E-state index is 0.335. The van der Waals surface area contributed by atoms with Crippen molar-refractivity contribution in [2.24, 2.45) is 0 Å². The van der Waals surface area contributed by atoms with E-state index in [1.54, 1.807) is 11.8 Å². The Labute approximate surface area is 157 Å². The molecule has 6 heteroatoms. The summed E-state index contributed by atoms with van der Waals surface area (Å²) >= 11 is 7.75. The fourth-order valence-corrected chi connectivity index (χ4v) is 3.32. The van der Waals surface area contributed by atoms with E-state index >= 15 is 0 Å². The average molecular weight is 374 g/mol. The maximum Gasteiger partial charge on any atom is 0.196 e. The molecule has 4 nitrogen and oxygen atoms in total. The van der Waals surface area contributed by atoms with Crippen LogP contribution in [0.4, 0.5) is 0 Å². The second-order valence-corrected chi connectivity index (χ2v) is 7.89. The number of halogens is 1. The number of benzene rings is 2. The number of rotatable bonds is 6. The first-order valence-corrected chi connectivity index (χ1v) is 9.35. The van der Waals surface area contributed by atoms with Gasteiger partial charge >= 0.3 is 0 Å². The number of aryl methyl sites for hydroxylation is 1. The van der Waals surface area contributed by atoms with Crippen LogP contribution in [0.15, 0.2) is 53.7 Å². The fraction of sp³-hybridized carbons (Fsp3) is 0.263. The van der Waals surface area contributed by atoms with Gasteiger partial charge in [0.15, 0.2) is 11.0 Å². The van der Waals surface area contributed by atoms with Crippen LogP contribution >= 0.6 is 23.4 Å². The van der Waals surface area contributed by atoms with Gasteiger partial charge < -0.3 is 4.74 Å². The van der Waals surface area contributed by atoms with E-state index in [0.717, 1.165) is 33.0 Å². The third kappa shape index (κ3) is 4.35. The molecule has 0 bridgehead atoms. The molecule has 0 saturated carbocycles. The molecular formula is C19H20ClN3OS. The van der Waals surface area contributed by atoms with E-state index in [-0.39, 0.29) is 0 Å². The van der Waals surface area contributed by atoms with Crippen LogP contribution in [-0.4, -0.2) is 20.0 Å². The van der Waals surface area contributed by atoms with Gasteiger partial charge in [-0.05, 0) is 42.8 Å². The lowest BCUT2D eigenvalue weighted by atomic mass is 10.2. The predicted molar refractivity (Wildman–Crippen MR) is 103 cm³/mol. The first-order valence-electron chi connectivity index (χ1n) is 8.10. The molecule has 0 spiro atoms. The second-order valence-electron chi connectivity index (χ2n) is 5.94. The number of aromatic nitrogens is 3. The number of ether oxygens (including phenoxy) is 1. The van der Waals surface area contributed by atoms with Crippen molar-refractivity contribution in [3.05, 3.63) is 64.9 Å². The summed E-state index contributed by atoms with van der Waals surface area (Å²) in [7, 11) is 0. The van der Waals surface area contributed by atoms with Gasteiger partial charge in [-0.1, -0.05) is 55.4 Å². The molecule has 0 aliphatic rings. The van der Waals surface area contributed by atoms with Gasteiger partial charge in [0.25, 0.3) is 0 Å². The van der Waals surface area contributed by atoms with Crippen molar-refractivity contribution < 1.29 is 4.74 Å². The summed E-state index contributed by atoms with van der Waals surface area (Å²) in [6.45, 7) is 6.57. The quantitative estimate of drug-likeness (QED) is 0.549. The topological polar surface area (TPSA) is 39.9 Å². The Morgan fingerprint density at radius 3 is 2.56 bits per heavy atom. The molecule has 2 aromatic carbocycles. The Bertz CT molecular complexity index is 849. The van der Waals surface area contributed by atoms with E-state index < -0.39 is 0 Å². The Balaban J connectivity index is 1.88. The SMILES string of the molecule is Cc1cc(OCc2nnc(SC(C)C)n2-c2ccccc2)ccc1Cl. The third-order valence-corrected chi connectivity index (χ3v) is 4.92. The highest BCUT2D eigenvalue weighted by Crippen LogP contribution is 2.26. The summed E-state index contributed by atoms with van der Waals surface area (Å²) in [6.07, 6.45) is 0. The summed E-state index contributed by atoms with van der Waals surface area (Å²) in [5.74, 6) is 1.53. The average Bonchev–Trinajstić information content (AvgIpc) is 2.98. The molecule has 0 saturated heterocycles. The van der Waals surface area contributed by atoms with Gasteiger partial charge in [-0.2, -0.15) is 0 Å². The third-order valence-electron chi connectivity index (χ3n) is 3.55. The highest BCUT2D eigenvalue weighted by molar-refractivity contribution is 7.99. The molecule has 0 unspecified atom stereocenters. The van der Waals surface area contributed by atoms with Crippen molar-refractivity contribution in [1.82, 2.24) is 14.8 Å². The minimum Gasteiger partial charge on any atom is -0.486 e. The van der Waals surface area contributed by atoms with Crippen molar-refractivity contribution in [2.75, 3.05) is 0 Å². The summed E-state index contributed by atoms with van der Waals surface area (Å²) in [5, 5.41) is 10.7. The van der Waals surface area contributed by atoms with E-state index in [1.165, 1.54) is 0 Å². The van der Waals surface area contributed by atoms with Gasteiger partial charge in [-0.25, -0.2) is 0 Å². The van der Waals surface area contributed by atoms with Gasteiger partial charge in [-0.15, -0.1) is 10.2 Å². The molecule has 0 aliphatic heterocycles. The van der Waals surface area contributed by atoms with Crippen molar-refractivity contribution in [2.45, 2.75) is 37.8 Å². The second kappa shape index (κ2) is 7.93. The largest absolute Gasteiger partial charge is 0.486 e. The van der Waals surface area contributed by atoms with Crippen molar-refractivity contribution >= 4 is 23.4 Å². The fourth-order valence-electron chi connectivity index (χ4n) is 2.37. The minimum absolute atomic E-state index is 0.335. The molecule has 25 heavy (non-hydrogen) atoms.